The Labute approximate surface area is 111 Å². The van der Waals surface area contributed by atoms with Crippen molar-refractivity contribution in [3.8, 4) is 0 Å². The van der Waals surface area contributed by atoms with Gasteiger partial charge in [-0.15, -0.1) is 0 Å². The summed E-state index contributed by atoms with van der Waals surface area (Å²) in [5.41, 5.74) is 7.02. The molecule has 1 aliphatic carbocycles. The first-order chi connectivity index (χ1) is 8.89. The Hall–Kier alpha value is -1.95. The van der Waals surface area contributed by atoms with Crippen LogP contribution in [0.1, 0.15) is 24.0 Å². The molecule has 0 aromatic heterocycles. The smallest absolute Gasteiger partial charge is 0.274 e. The Morgan fingerprint density at radius 2 is 2.05 bits per heavy atom. The Balaban J connectivity index is 2.28. The Kier molecular flexibility index (Phi) is 3.28. The first kappa shape index (κ1) is 13.5. The van der Waals surface area contributed by atoms with E-state index in [9.17, 15) is 14.9 Å². The normalized spacial score (nSPS) is 15.9. The predicted octanol–water partition coefficient (Wildman–Crippen LogP) is 1.89. The van der Waals surface area contributed by atoms with E-state index in [1.165, 1.54) is 6.07 Å². The van der Waals surface area contributed by atoms with E-state index in [0.717, 1.165) is 18.4 Å². The molecule has 19 heavy (non-hydrogen) atoms. The van der Waals surface area contributed by atoms with Gasteiger partial charge in [-0.1, -0.05) is 0 Å². The Bertz CT molecular complexity index is 550. The molecule has 1 aliphatic rings. The van der Waals surface area contributed by atoms with Crippen LogP contribution in [0.25, 0.3) is 0 Å². The predicted molar refractivity (Wildman–Crippen MR) is 71.9 cm³/mol. The maximum atomic E-state index is 12.1. The zero-order chi connectivity index (χ0) is 14.2. The third-order valence-electron chi connectivity index (χ3n) is 3.71. The molecule has 6 nitrogen and oxygen atoms in total. The average molecular weight is 263 g/mol. The molecule has 0 atom stereocenters. The Morgan fingerprint density at radius 1 is 1.42 bits per heavy atom. The van der Waals surface area contributed by atoms with Gasteiger partial charge in [-0.25, -0.2) is 0 Å². The average Bonchev–Trinajstić information content (AvgIpc) is 3.12. The molecule has 102 valence electrons. The summed E-state index contributed by atoms with van der Waals surface area (Å²) in [6.07, 6.45) is 1.56. The first-order valence-electron chi connectivity index (χ1n) is 6.17. The lowest BCUT2D eigenvalue weighted by Gasteiger charge is -2.14. The van der Waals surface area contributed by atoms with Crippen LogP contribution in [0.2, 0.25) is 0 Å². The fourth-order valence-corrected chi connectivity index (χ4v) is 2.10. The van der Waals surface area contributed by atoms with Crippen LogP contribution in [0.4, 0.5) is 11.4 Å². The number of anilines is 1. The fraction of sp³-hybridized carbons (Fsp3) is 0.462. The van der Waals surface area contributed by atoms with Crippen molar-refractivity contribution in [2.45, 2.75) is 26.7 Å². The highest BCUT2D eigenvalue weighted by molar-refractivity contribution is 5.98. The molecule has 3 N–H and O–H groups in total. The van der Waals surface area contributed by atoms with E-state index in [4.69, 9.17) is 5.73 Å². The number of nitrogens with zero attached hydrogens (tertiary/aromatic N) is 1. The molecule has 1 amide bonds. The van der Waals surface area contributed by atoms with E-state index in [0.29, 0.717) is 17.8 Å². The molecule has 0 radical (unpaired) electrons. The van der Waals surface area contributed by atoms with Gasteiger partial charge in [0.1, 0.15) is 0 Å². The van der Waals surface area contributed by atoms with Crippen LogP contribution >= 0.6 is 0 Å². The van der Waals surface area contributed by atoms with E-state index in [2.05, 4.69) is 5.32 Å². The number of benzene rings is 1. The summed E-state index contributed by atoms with van der Waals surface area (Å²) in [4.78, 5) is 22.6. The summed E-state index contributed by atoms with van der Waals surface area (Å²) in [6, 6.07) is 3.12. The minimum absolute atomic E-state index is 0.0125. The highest BCUT2D eigenvalue weighted by Gasteiger charge is 2.48. The van der Waals surface area contributed by atoms with E-state index in [1.807, 2.05) is 6.92 Å². The van der Waals surface area contributed by atoms with Gasteiger partial charge in [0.05, 0.1) is 16.0 Å². The molecule has 1 saturated carbocycles. The molecule has 6 heteroatoms. The number of carbonyl (C=O) groups excluding carboxylic acids is 1. The summed E-state index contributed by atoms with van der Waals surface area (Å²) < 4.78 is 0. The van der Waals surface area contributed by atoms with Gasteiger partial charge in [0.15, 0.2) is 0 Å². The van der Waals surface area contributed by atoms with Crippen molar-refractivity contribution < 1.29 is 9.72 Å². The van der Waals surface area contributed by atoms with Gasteiger partial charge in [0.25, 0.3) is 5.69 Å². The van der Waals surface area contributed by atoms with Crippen molar-refractivity contribution in [3.63, 3.8) is 0 Å². The van der Waals surface area contributed by atoms with Gasteiger partial charge in [-0.3, -0.25) is 14.9 Å². The minimum Gasteiger partial charge on any atom is -0.329 e. The molecule has 1 fully saturated rings. The lowest BCUT2D eigenvalue weighted by atomic mass is 10.0. The second-order valence-electron chi connectivity index (χ2n) is 5.15. The van der Waals surface area contributed by atoms with Crippen LogP contribution in [-0.2, 0) is 4.79 Å². The molecule has 0 bridgehead atoms. The first-order valence-corrected chi connectivity index (χ1v) is 6.17. The summed E-state index contributed by atoms with van der Waals surface area (Å²) in [5.74, 6) is -0.142. The lowest BCUT2D eigenvalue weighted by Crippen LogP contribution is -2.31. The van der Waals surface area contributed by atoms with Gasteiger partial charge in [0, 0.05) is 18.2 Å². The number of nitrogens with one attached hydrogen (secondary N) is 1. The van der Waals surface area contributed by atoms with Crippen LogP contribution < -0.4 is 11.1 Å². The summed E-state index contributed by atoms with van der Waals surface area (Å²) in [6.45, 7) is 3.80. The number of hydrogen-bond donors (Lipinski definition) is 2. The third-order valence-corrected chi connectivity index (χ3v) is 3.71. The van der Waals surface area contributed by atoms with E-state index >= 15 is 0 Å². The number of carbonyl (C=O) groups is 1. The van der Waals surface area contributed by atoms with Gasteiger partial charge in [-0.2, -0.15) is 0 Å². The van der Waals surface area contributed by atoms with Crippen LogP contribution in [0.5, 0.6) is 0 Å². The van der Waals surface area contributed by atoms with Crippen LogP contribution in [0.3, 0.4) is 0 Å². The van der Waals surface area contributed by atoms with Crippen LogP contribution in [-0.4, -0.2) is 17.4 Å². The zero-order valence-corrected chi connectivity index (χ0v) is 11.0. The lowest BCUT2D eigenvalue weighted by molar-refractivity contribution is -0.385. The molecule has 1 aromatic carbocycles. The van der Waals surface area contributed by atoms with E-state index < -0.39 is 10.3 Å². The monoisotopic (exact) mass is 263 g/mol. The van der Waals surface area contributed by atoms with Gasteiger partial charge >= 0.3 is 0 Å². The fourth-order valence-electron chi connectivity index (χ4n) is 2.10. The van der Waals surface area contributed by atoms with Crippen molar-refractivity contribution in [3.05, 3.63) is 33.4 Å². The summed E-state index contributed by atoms with van der Waals surface area (Å²) in [5, 5.41) is 13.7. The number of nitro benzene ring substituents is 1. The summed E-state index contributed by atoms with van der Waals surface area (Å²) in [7, 11) is 0. The highest BCUT2D eigenvalue weighted by atomic mass is 16.6. The molecule has 0 saturated heterocycles. The largest absolute Gasteiger partial charge is 0.329 e. The number of nitro groups is 1. The second-order valence-corrected chi connectivity index (χ2v) is 5.15. The van der Waals surface area contributed by atoms with Gasteiger partial charge in [-0.05, 0) is 38.3 Å². The maximum absolute atomic E-state index is 12.1. The van der Waals surface area contributed by atoms with Crippen LogP contribution in [0, 0.1) is 29.4 Å². The van der Waals surface area contributed by atoms with Crippen molar-refractivity contribution in [1.29, 1.82) is 0 Å². The van der Waals surface area contributed by atoms with Crippen LogP contribution in [0.15, 0.2) is 12.1 Å². The van der Waals surface area contributed by atoms with E-state index in [-0.39, 0.29) is 11.6 Å². The molecular formula is C13H17N3O3. The second kappa shape index (κ2) is 4.62. The third kappa shape index (κ3) is 2.44. The molecule has 0 spiro atoms. The number of aryl methyl sites for hydroxylation is 2. The SMILES string of the molecule is Cc1cc(C)c([N+](=O)[O-])cc1NC(=O)C1(CN)CC1. The number of amides is 1. The number of hydrogen-bond acceptors (Lipinski definition) is 4. The topological polar surface area (TPSA) is 98.3 Å². The molecule has 0 heterocycles. The van der Waals surface area contributed by atoms with Crippen molar-refractivity contribution in [2.75, 3.05) is 11.9 Å². The Morgan fingerprint density at radius 3 is 2.53 bits per heavy atom. The number of nitrogens with two attached hydrogens (primary N) is 1. The molecular weight excluding hydrogens is 246 g/mol. The maximum Gasteiger partial charge on any atom is 0.274 e. The zero-order valence-electron chi connectivity index (χ0n) is 11.0. The minimum atomic E-state index is -0.466. The van der Waals surface area contributed by atoms with Gasteiger partial charge < -0.3 is 11.1 Å². The van der Waals surface area contributed by atoms with E-state index in [1.54, 1.807) is 13.0 Å². The number of rotatable bonds is 4. The van der Waals surface area contributed by atoms with Crippen molar-refractivity contribution in [2.24, 2.45) is 11.1 Å². The molecule has 0 unspecified atom stereocenters. The highest BCUT2D eigenvalue weighted by Crippen LogP contribution is 2.45. The molecule has 1 aromatic rings. The van der Waals surface area contributed by atoms with Crippen molar-refractivity contribution >= 4 is 17.3 Å². The van der Waals surface area contributed by atoms with Gasteiger partial charge in [0.2, 0.25) is 5.91 Å². The standard InChI is InChI=1S/C13H17N3O3/c1-8-5-9(2)11(16(18)19)6-10(8)15-12(17)13(7-14)3-4-13/h5-6H,3-4,7,14H2,1-2H3,(H,15,17). The molecule has 2 rings (SSSR count). The summed E-state index contributed by atoms with van der Waals surface area (Å²) >= 11 is 0. The quantitative estimate of drug-likeness (QED) is 0.640. The van der Waals surface area contributed by atoms with Crippen molar-refractivity contribution in [1.82, 2.24) is 0 Å². The molecule has 0 aliphatic heterocycles.